The number of fused-ring (bicyclic) bond motifs is 3. The first-order valence-corrected chi connectivity index (χ1v) is 15.8. The molecular formula is C30H26Cl2N4O6S. The van der Waals surface area contributed by atoms with Crippen LogP contribution in [0.3, 0.4) is 0 Å². The number of carboxylic acid groups (broad SMARTS) is 1. The number of nitrogens with one attached hydrogen (secondary N) is 1. The van der Waals surface area contributed by atoms with Gasteiger partial charge in [-0.3, -0.25) is 15.0 Å². The first kappa shape index (κ1) is 27.5. The third-order valence-electron chi connectivity index (χ3n) is 8.86. The molecule has 4 aliphatic rings. The monoisotopic (exact) mass is 640 g/mol. The summed E-state index contributed by atoms with van der Waals surface area (Å²) in [6, 6.07) is 8.39. The molecule has 1 amide bonds. The zero-order chi connectivity index (χ0) is 29.4. The topological polar surface area (TPSA) is 127 Å². The minimum absolute atomic E-state index is 0.0234. The van der Waals surface area contributed by atoms with Gasteiger partial charge in [-0.2, -0.15) is 0 Å². The van der Waals surface area contributed by atoms with E-state index in [-0.39, 0.29) is 42.2 Å². The predicted molar refractivity (Wildman–Crippen MR) is 160 cm³/mol. The Labute approximate surface area is 259 Å². The van der Waals surface area contributed by atoms with Gasteiger partial charge in [-0.05, 0) is 55.5 Å². The van der Waals surface area contributed by atoms with Crippen molar-refractivity contribution in [2.75, 3.05) is 18.2 Å². The van der Waals surface area contributed by atoms with Gasteiger partial charge in [0, 0.05) is 23.1 Å². The molecule has 2 aromatic carbocycles. The Kier molecular flexibility index (Phi) is 6.73. The average molecular weight is 642 g/mol. The van der Waals surface area contributed by atoms with Crippen LogP contribution in [0.25, 0.3) is 21.5 Å². The number of hydrogen-bond acceptors (Lipinski definition) is 9. The molecule has 2 saturated carbocycles. The maximum atomic E-state index is 13.7. The number of nitrogens with zero attached hydrogens (tertiary/aromatic N) is 3. The zero-order valence-electron chi connectivity index (χ0n) is 22.7. The Bertz CT molecular complexity index is 1760. The number of amides is 1. The Morgan fingerprint density at radius 1 is 1.21 bits per heavy atom. The van der Waals surface area contributed by atoms with E-state index in [1.165, 1.54) is 11.3 Å². The van der Waals surface area contributed by atoms with E-state index in [4.69, 9.17) is 42.2 Å². The van der Waals surface area contributed by atoms with E-state index in [9.17, 15) is 14.7 Å². The Morgan fingerprint density at radius 3 is 2.72 bits per heavy atom. The van der Waals surface area contributed by atoms with Crippen molar-refractivity contribution in [1.29, 1.82) is 0 Å². The number of hydrogen-bond donors (Lipinski definition) is 2. The summed E-state index contributed by atoms with van der Waals surface area (Å²) in [6.45, 7) is 1.06. The maximum Gasteiger partial charge on any atom is 0.335 e. The fourth-order valence-electron chi connectivity index (χ4n) is 6.61. The number of ether oxygens (including phenoxy) is 2. The summed E-state index contributed by atoms with van der Waals surface area (Å²) in [5.41, 5.74) is 3.69. The molecule has 2 aliphatic carbocycles. The van der Waals surface area contributed by atoms with E-state index in [1.807, 2.05) is 0 Å². The molecule has 4 aromatic rings. The molecule has 2 aliphatic heterocycles. The number of carbonyl (C=O) groups is 2. The normalized spacial score (nSPS) is 25.0. The number of benzene rings is 2. The first-order chi connectivity index (χ1) is 20.9. The largest absolute Gasteiger partial charge is 0.478 e. The molecule has 8 rings (SSSR count). The lowest BCUT2D eigenvalue weighted by Gasteiger charge is -2.29. The zero-order valence-corrected chi connectivity index (χ0v) is 25.0. The number of rotatable bonds is 8. The van der Waals surface area contributed by atoms with Crippen LogP contribution in [-0.4, -0.2) is 52.6 Å². The lowest BCUT2D eigenvalue weighted by molar-refractivity contribution is -0.126. The van der Waals surface area contributed by atoms with Crippen LogP contribution in [-0.2, 0) is 20.9 Å². The van der Waals surface area contributed by atoms with Gasteiger partial charge < -0.3 is 19.1 Å². The molecule has 0 spiro atoms. The highest BCUT2D eigenvalue weighted by molar-refractivity contribution is 7.22. The van der Waals surface area contributed by atoms with Crippen molar-refractivity contribution in [2.45, 2.75) is 56.4 Å². The number of halogens is 2. The van der Waals surface area contributed by atoms with Crippen molar-refractivity contribution >= 4 is 61.8 Å². The van der Waals surface area contributed by atoms with E-state index in [2.05, 4.69) is 10.5 Å². The van der Waals surface area contributed by atoms with Crippen LogP contribution in [0.5, 0.6) is 0 Å². The van der Waals surface area contributed by atoms with Gasteiger partial charge in [0.25, 0.3) is 0 Å². The van der Waals surface area contributed by atoms with Crippen molar-refractivity contribution in [2.24, 2.45) is 5.92 Å². The average Bonchev–Trinajstić information content (AvgIpc) is 3.45. The fourth-order valence-corrected chi connectivity index (χ4v) is 8.30. The third kappa shape index (κ3) is 4.65. The Hall–Kier alpha value is -3.06. The molecule has 10 nitrogen and oxygen atoms in total. The molecule has 13 heteroatoms. The highest BCUT2D eigenvalue weighted by Crippen LogP contribution is 2.48. The van der Waals surface area contributed by atoms with Crippen LogP contribution in [0, 0.1) is 5.92 Å². The Morgan fingerprint density at radius 2 is 2.02 bits per heavy atom. The fraction of sp³-hybridized carbons (Fsp3) is 0.400. The van der Waals surface area contributed by atoms with Gasteiger partial charge in [0.15, 0.2) is 5.13 Å². The lowest BCUT2D eigenvalue weighted by atomic mass is 10.0. The van der Waals surface area contributed by atoms with Gasteiger partial charge in [0.05, 0.1) is 63.8 Å². The van der Waals surface area contributed by atoms with Crippen LogP contribution >= 0.6 is 34.5 Å². The predicted octanol–water partition coefficient (Wildman–Crippen LogP) is 6.16. The molecular weight excluding hydrogens is 615 g/mol. The Balaban J connectivity index is 1.04. The van der Waals surface area contributed by atoms with E-state index >= 15 is 0 Å². The number of anilines is 1. The van der Waals surface area contributed by atoms with Crippen LogP contribution in [0.4, 0.5) is 5.13 Å². The second-order valence-electron chi connectivity index (χ2n) is 11.5. The standard InChI is InChI=1S/C30H26Cl2N4O6S/c31-19-2-1-3-20(32)24(19)26-18(27(42-35-26)13-4-5-13)10-41-22-9-15-8-17(22)28(37)36(15)30-34-25-16(21-11-40-12-33-21)6-14(29(38)39)7-23(25)43-30/h1-3,6-7,13,15,17,21-22,33H,4-5,8-12H2,(H,38,39)/t15-,17+,21?,22+/m0/s1. The van der Waals surface area contributed by atoms with Gasteiger partial charge in [0.1, 0.15) is 11.5 Å². The van der Waals surface area contributed by atoms with Crippen molar-refractivity contribution in [1.82, 2.24) is 15.5 Å². The van der Waals surface area contributed by atoms with Crippen molar-refractivity contribution in [3.05, 3.63) is 62.8 Å². The molecule has 4 heterocycles. The maximum absolute atomic E-state index is 13.7. The number of carbonyl (C=O) groups excluding carboxylic acids is 1. The molecule has 2 saturated heterocycles. The smallest absolute Gasteiger partial charge is 0.335 e. The molecule has 222 valence electrons. The summed E-state index contributed by atoms with van der Waals surface area (Å²) in [5.74, 6) is -0.228. The lowest BCUT2D eigenvalue weighted by Crippen LogP contribution is -2.43. The summed E-state index contributed by atoms with van der Waals surface area (Å²) in [4.78, 5) is 32.2. The number of piperidine rings is 1. The second kappa shape index (κ2) is 10.5. The van der Waals surface area contributed by atoms with Crippen LogP contribution < -0.4 is 10.2 Å². The SMILES string of the molecule is O=C(O)c1cc(C2COCN2)c2nc(N3C(=O)[C@@H]4C[C@H]3C[C@H]4OCc3c(-c4c(Cl)cccc4Cl)noc3C3CC3)sc2c1. The molecule has 0 radical (unpaired) electrons. The van der Waals surface area contributed by atoms with Gasteiger partial charge in [0.2, 0.25) is 5.91 Å². The van der Waals surface area contributed by atoms with E-state index in [1.54, 1.807) is 35.2 Å². The molecule has 43 heavy (non-hydrogen) atoms. The number of thiazole rings is 1. The van der Waals surface area contributed by atoms with Crippen molar-refractivity contribution in [3.8, 4) is 11.3 Å². The van der Waals surface area contributed by atoms with Crippen LogP contribution in [0.2, 0.25) is 10.0 Å². The number of carboxylic acids is 1. The van der Waals surface area contributed by atoms with Crippen molar-refractivity contribution < 1.29 is 28.7 Å². The van der Waals surface area contributed by atoms with Gasteiger partial charge in [-0.25, -0.2) is 9.78 Å². The third-order valence-corrected chi connectivity index (χ3v) is 10.5. The van der Waals surface area contributed by atoms with Gasteiger partial charge in [-0.1, -0.05) is 45.8 Å². The summed E-state index contributed by atoms with van der Waals surface area (Å²) in [6.07, 6.45) is 3.15. The summed E-state index contributed by atoms with van der Waals surface area (Å²) in [7, 11) is 0. The highest BCUT2D eigenvalue weighted by Gasteiger charge is 2.53. The molecule has 2 aromatic heterocycles. The minimum atomic E-state index is -1.01. The van der Waals surface area contributed by atoms with Crippen LogP contribution in [0.15, 0.2) is 34.9 Å². The molecule has 2 bridgehead atoms. The minimum Gasteiger partial charge on any atom is -0.478 e. The van der Waals surface area contributed by atoms with E-state index in [0.29, 0.717) is 64.0 Å². The summed E-state index contributed by atoms with van der Waals surface area (Å²) >= 11 is 14.4. The summed E-state index contributed by atoms with van der Waals surface area (Å²) in [5, 5.41) is 18.8. The molecule has 2 N–H and O–H groups in total. The quantitative estimate of drug-likeness (QED) is 0.233. The van der Waals surface area contributed by atoms with Crippen LogP contribution in [0.1, 0.15) is 64.9 Å². The molecule has 4 atom stereocenters. The molecule has 4 fully saturated rings. The highest BCUT2D eigenvalue weighted by atomic mass is 35.5. The van der Waals surface area contributed by atoms with Crippen molar-refractivity contribution in [3.63, 3.8) is 0 Å². The molecule has 1 unspecified atom stereocenters. The van der Waals surface area contributed by atoms with E-state index < -0.39 is 5.97 Å². The second-order valence-corrected chi connectivity index (χ2v) is 13.3. The van der Waals surface area contributed by atoms with Gasteiger partial charge in [-0.15, -0.1) is 0 Å². The number of aromatic nitrogens is 2. The summed E-state index contributed by atoms with van der Waals surface area (Å²) < 4.78 is 18.4. The van der Waals surface area contributed by atoms with Gasteiger partial charge >= 0.3 is 5.97 Å². The van der Waals surface area contributed by atoms with E-state index in [0.717, 1.165) is 34.4 Å². The first-order valence-electron chi connectivity index (χ1n) is 14.2. The number of aromatic carboxylic acids is 1.